The topological polar surface area (TPSA) is 38.8 Å². The molecule has 1 heterocycles. The molecule has 4 nitrogen and oxygen atoms in total. The number of carbonyl (C=O) groups excluding carboxylic acids is 1. The maximum absolute atomic E-state index is 12.9. The minimum atomic E-state index is -0.146. The second-order valence-electron chi connectivity index (χ2n) is 6.69. The molecule has 138 valence electrons. The summed E-state index contributed by atoms with van der Waals surface area (Å²) in [7, 11) is 3.29. The highest BCUT2D eigenvalue weighted by Gasteiger charge is 2.40. The van der Waals surface area contributed by atoms with Crippen LogP contribution in [0.1, 0.15) is 43.2 Å². The highest BCUT2D eigenvalue weighted by atomic mass is 32.2. The van der Waals surface area contributed by atoms with Crippen LogP contribution >= 0.6 is 11.8 Å². The van der Waals surface area contributed by atoms with Gasteiger partial charge in [0.25, 0.3) is 0 Å². The van der Waals surface area contributed by atoms with Crippen LogP contribution in [0, 0.1) is 0 Å². The Morgan fingerprint density at radius 1 is 1.04 bits per heavy atom. The summed E-state index contributed by atoms with van der Waals surface area (Å²) < 4.78 is 10.9. The summed E-state index contributed by atoms with van der Waals surface area (Å²) in [4.78, 5) is 14.8. The summed E-state index contributed by atoms with van der Waals surface area (Å²) in [5, 5.41) is -0.256. The third kappa shape index (κ3) is 3.40. The van der Waals surface area contributed by atoms with Crippen molar-refractivity contribution < 1.29 is 14.3 Å². The molecular formula is C21H25NO3S. The van der Waals surface area contributed by atoms with Gasteiger partial charge >= 0.3 is 0 Å². The van der Waals surface area contributed by atoms with Gasteiger partial charge in [0.15, 0.2) is 0 Å². The lowest BCUT2D eigenvalue weighted by atomic mass is 10.0. The lowest BCUT2D eigenvalue weighted by Crippen LogP contribution is -2.30. The monoisotopic (exact) mass is 371 g/mol. The van der Waals surface area contributed by atoms with E-state index in [-0.39, 0.29) is 16.5 Å². The Balaban J connectivity index is 2.04. The van der Waals surface area contributed by atoms with Crippen molar-refractivity contribution in [2.75, 3.05) is 19.1 Å². The molecule has 0 spiro atoms. The fourth-order valence-corrected chi connectivity index (χ4v) is 4.45. The van der Waals surface area contributed by atoms with Crippen molar-refractivity contribution in [2.24, 2.45) is 0 Å². The minimum Gasteiger partial charge on any atom is -0.497 e. The number of ether oxygens (including phenoxy) is 2. The number of amides is 1. The van der Waals surface area contributed by atoms with E-state index in [0.717, 1.165) is 22.7 Å². The van der Waals surface area contributed by atoms with Crippen LogP contribution in [-0.4, -0.2) is 25.4 Å². The molecule has 0 N–H and O–H groups in total. The quantitative estimate of drug-likeness (QED) is 0.742. The van der Waals surface area contributed by atoms with Gasteiger partial charge in [-0.1, -0.05) is 26.0 Å². The average molecular weight is 372 g/mol. The summed E-state index contributed by atoms with van der Waals surface area (Å²) >= 11 is 1.63. The Bertz CT molecular complexity index is 788. The first-order chi connectivity index (χ1) is 12.5. The molecule has 0 radical (unpaired) electrons. The number of nitrogens with zero attached hydrogens (tertiary/aromatic N) is 1. The lowest BCUT2D eigenvalue weighted by molar-refractivity contribution is -0.117. The summed E-state index contributed by atoms with van der Waals surface area (Å²) in [5.74, 6) is 2.08. The van der Waals surface area contributed by atoms with Gasteiger partial charge in [-0.25, -0.2) is 0 Å². The van der Waals surface area contributed by atoms with Gasteiger partial charge in [-0.15, -0.1) is 11.8 Å². The van der Waals surface area contributed by atoms with Gasteiger partial charge in [0.2, 0.25) is 5.91 Å². The Morgan fingerprint density at radius 2 is 1.73 bits per heavy atom. The number of methoxy groups -OCH3 is 2. The number of carbonyl (C=O) groups is 1. The molecule has 2 aromatic rings. The van der Waals surface area contributed by atoms with Crippen molar-refractivity contribution in [1.82, 2.24) is 0 Å². The molecular weight excluding hydrogens is 346 g/mol. The predicted octanol–water partition coefficient (Wildman–Crippen LogP) is 4.99. The van der Waals surface area contributed by atoms with E-state index in [0.29, 0.717) is 5.92 Å². The summed E-state index contributed by atoms with van der Waals surface area (Å²) in [6.45, 7) is 6.28. The van der Waals surface area contributed by atoms with Crippen LogP contribution in [0.15, 0.2) is 42.5 Å². The molecule has 1 saturated heterocycles. The molecule has 1 amide bonds. The van der Waals surface area contributed by atoms with Crippen molar-refractivity contribution in [2.45, 2.75) is 37.3 Å². The van der Waals surface area contributed by atoms with E-state index in [4.69, 9.17) is 9.47 Å². The highest BCUT2D eigenvalue weighted by molar-refractivity contribution is 8.01. The van der Waals surface area contributed by atoms with E-state index < -0.39 is 0 Å². The first-order valence-corrected chi connectivity index (χ1v) is 9.71. The molecule has 1 aliphatic rings. The van der Waals surface area contributed by atoms with Gasteiger partial charge < -0.3 is 9.47 Å². The average Bonchev–Trinajstić information content (AvgIpc) is 2.96. The lowest BCUT2D eigenvalue weighted by Gasteiger charge is -2.26. The van der Waals surface area contributed by atoms with Gasteiger partial charge in [0.1, 0.15) is 16.9 Å². The van der Waals surface area contributed by atoms with Crippen LogP contribution < -0.4 is 14.4 Å². The Morgan fingerprint density at radius 3 is 2.31 bits per heavy atom. The van der Waals surface area contributed by atoms with Gasteiger partial charge in [0, 0.05) is 11.3 Å². The van der Waals surface area contributed by atoms with E-state index >= 15 is 0 Å². The molecule has 0 aromatic heterocycles. The zero-order valence-corrected chi connectivity index (χ0v) is 16.7. The van der Waals surface area contributed by atoms with E-state index in [2.05, 4.69) is 26.0 Å². The van der Waals surface area contributed by atoms with E-state index in [1.807, 2.05) is 42.2 Å². The van der Waals surface area contributed by atoms with E-state index in [1.165, 1.54) is 5.56 Å². The molecule has 26 heavy (non-hydrogen) atoms. The number of anilines is 1. The Labute approximate surface area is 159 Å². The largest absolute Gasteiger partial charge is 0.497 e. The Hall–Kier alpha value is -2.14. The van der Waals surface area contributed by atoms with Gasteiger partial charge in [-0.05, 0) is 48.7 Å². The molecule has 0 saturated carbocycles. The van der Waals surface area contributed by atoms with Crippen LogP contribution in [0.4, 0.5) is 5.69 Å². The number of hydrogen-bond acceptors (Lipinski definition) is 4. The second kappa shape index (κ2) is 7.62. The first kappa shape index (κ1) is 18.6. The van der Waals surface area contributed by atoms with E-state index in [9.17, 15) is 4.79 Å². The van der Waals surface area contributed by atoms with Crippen molar-refractivity contribution in [3.63, 3.8) is 0 Å². The van der Waals surface area contributed by atoms with Crippen molar-refractivity contribution in [3.05, 3.63) is 53.6 Å². The van der Waals surface area contributed by atoms with Gasteiger partial charge in [-0.2, -0.15) is 0 Å². The fourth-order valence-electron chi connectivity index (χ4n) is 3.15. The smallest absolute Gasteiger partial charge is 0.241 e. The van der Waals surface area contributed by atoms with Crippen LogP contribution in [-0.2, 0) is 4.79 Å². The van der Waals surface area contributed by atoms with Crippen molar-refractivity contribution >= 4 is 23.4 Å². The SMILES string of the molecule is COc1ccc(OC)c([C@H]2S[C@@H](C)C(=O)N2c2ccc(C(C)C)cc2)c1. The molecule has 1 aliphatic heterocycles. The molecule has 2 aromatic carbocycles. The molecule has 0 aliphatic carbocycles. The zero-order valence-electron chi connectivity index (χ0n) is 15.9. The first-order valence-electron chi connectivity index (χ1n) is 8.76. The van der Waals surface area contributed by atoms with Gasteiger partial charge in [0.05, 0.1) is 19.5 Å². The molecule has 5 heteroatoms. The maximum atomic E-state index is 12.9. The third-order valence-corrected chi connectivity index (χ3v) is 6.03. The van der Waals surface area contributed by atoms with Crippen molar-refractivity contribution in [3.8, 4) is 11.5 Å². The highest BCUT2D eigenvalue weighted by Crippen LogP contribution is 2.48. The number of hydrogen-bond donors (Lipinski definition) is 0. The predicted molar refractivity (Wildman–Crippen MR) is 107 cm³/mol. The van der Waals surface area contributed by atoms with Crippen LogP contribution in [0.25, 0.3) is 0 Å². The van der Waals surface area contributed by atoms with Gasteiger partial charge in [-0.3, -0.25) is 9.69 Å². The van der Waals surface area contributed by atoms with E-state index in [1.54, 1.807) is 26.0 Å². The number of thioether (sulfide) groups is 1. The molecule has 1 fully saturated rings. The summed E-state index contributed by atoms with van der Waals surface area (Å²) in [6, 6.07) is 14.0. The zero-order chi connectivity index (χ0) is 18.8. The third-order valence-electron chi connectivity index (χ3n) is 4.69. The molecule has 0 bridgehead atoms. The van der Waals surface area contributed by atoms with Crippen LogP contribution in [0.5, 0.6) is 11.5 Å². The summed E-state index contributed by atoms with van der Waals surface area (Å²) in [6.07, 6.45) is 0. The maximum Gasteiger partial charge on any atom is 0.241 e. The number of rotatable bonds is 5. The Kier molecular flexibility index (Phi) is 5.47. The summed E-state index contributed by atoms with van der Waals surface area (Å²) in [5.41, 5.74) is 3.12. The van der Waals surface area contributed by atoms with Crippen molar-refractivity contribution in [1.29, 1.82) is 0 Å². The number of benzene rings is 2. The van der Waals surface area contributed by atoms with Crippen LogP contribution in [0.2, 0.25) is 0 Å². The molecule has 2 atom stereocenters. The second-order valence-corrected chi connectivity index (χ2v) is 8.12. The standard InChI is InChI=1S/C21H25NO3S/c1-13(2)15-6-8-16(9-7-15)22-20(23)14(3)26-21(22)18-12-17(24-4)10-11-19(18)25-5/h6-14,21H,1-5H3/t14-,21+/m0/s1. The minimum absolute atomic E-state index is 0.110. The molecule has 0 unspecified atom stereocenters. The van der Waals surface area contributed by atoms with Crippen LogP contribution in [0.3, 0.4) is 0 Å². The normalized spacial score (nSPS) is 19.9. The fraction of sp³-hybridized carbons (Fsp3) is 0.381. The molecule has 3 rings (SSSR count).